The molecular weight excluding hydrogens is 212 g/mol. The minimum atomic E-state index is 0. The van der Waals surface area contributed by atoms with Crippen LogP contribution < -0.4 is 10.1 Å². The Kier molecular flexibility index (Phi) is 4.41. The molecular formula is C11H13ClN2O. The molecule has 2 rings (SSSR count). The second-order valence-electron chi connectivity index (χ2n) is 3.26. The van der Waals surface area contributed by atoms with E-state index < -0.39 is 0 Å². The van der Waals surface area contributed by atoms with Gasteiger partial charge >= 0.3 is 0 Å². The minimum Gasteiger partial charge on any atom is -0.487 e. The normalized spacial score (nSPS) is 19.0. The summed E-state index contributed by atoms with van der Waals surface area (Å²) in [6, 6.07) is 3.65. The van der Waals surface area contributed by atoms with Gasteiger partial charge in [-0.1, -0.05) is 5.92 Å². The third kappa shape index (κ3) is 3.12. The van der Waals surface area contributed by atoms with Crippen molar-refractivity contribution in [3.05, 3.63) is 24.0 Å². The van der Waals surface area contributed by atoms with Crippen molar-refractivity contribution >= 4 is 12.4 Å². The molecule has 2 heterocycles. The van der Waals surface area contributed by atoms with E-state index >= 15 is 0 Å². The Bertz CT molecular complexity index is 339. The number of terminal acetylenes is 1. The Morgan fingerprint density at radius 3 is 2.93 bits per heavy atom. The maximum absolute atomic E-state index is 5.68. The third-order valence-corrected chi connectivity index (χ3v) is 2.20. The number of hydrogen-bond donors (Lipinski definition) is 1. The Morgan fingerprint density at radius 1 is 1.53 bits per heavy atom. The molecule has 1 aromatic rings. The van der Waals surface area contributed by atoms with Crippen LogP contribution in [0.2, 0.25) is 0 Å². The molecule has 1 fully saturated rings. The van der Waals surface area contributed by atoms with Crippen molar-refractivity contribution in [3.8, 4) is 18.1 Å². The summed E-state index contributed by atoms with van der Waals surface area (Å²) < 4.78 is 5.68. The highest BCUT2D eigenvalue weighted by Crippen LogP contribution is 2.13. The Balaban J connectivity index is 0.00000112. The van der Waals surface area contributed by atoms with Gasteiger partial charge in [-0.05, 0) is 25.1 Å². The molecule has 1 aliphatic heterocycles. The maximum atomic E-state index is 5.68. The molecule has 4 heteroatoms. The first-order chi connectivity index (χ1) is 6.88. The largest absolute Gasteiger partial charge is 0.487 e. The van der Waals surface area contributed by atoms with Gasteiger partial charge in [-0.15, -0.1) is 18.8 Å². The second-order valence-corrected chi connectivity index (χ2v) is 3.26. The molecule has 15 heavy (non-hydrogen) atoms. The Labute approximate surface area is 95.7 Å². The Hall–Kier alpha value is -1.24. The van der Waals surface area contributed by atoms with E-state index in [2.05, 4.69) is 16.2 Å². The quantitative estimate of drug-likeness (QED) is 0.768. The summed E-state index contributed by atoms with van der Waals surface area (Å²) in [4.78, 5) is 4.06. The standard InChI is InChI=1S/C11H12N2O.ClH/c1-2-9-3-4-10(8-13-9)14-11-5-6-12-7-11;/h1,3-4,8,11-12H,5-7H2;1H/t11-;/m1./s1. The number of halogens is 1. The summed E-state index contributed by atoms with van der Waals surface area (Å²) in [7, 11) is 0. The molecule has 3 nitrogen and oxygen atoms in total. The number of pyridine rings is 1. The van der Waals surface area contributed by atoms with Crippen LogP contribution in [0.4, 0.5) is 0 Å². The fraction of sp³-hybridized carbons (Fsp3) is 0.364. The van der Waals surface area contributed by atoms with Crippen LogP contribution >= 0.6 is 12.4 Å². The molecule has 1 N–H and O–H groups in total. The molecule has 1 saturated heterocycles. The first-order valence-electron chi connectivity index (χ1n) is 4.68. The van der Waals surface area contributed by atoms with Crippen molar-refractivity contribution in [2.45, 2.75) is 12.5 Å². The van der Waals surface area contributed by atoms with E-state index in [9.17, 15) is 0 Å². The predicted octanol–water partition coefficient (Wildman–Crippen LogP) is 1.23. The molecule has 0 saturated carbocycles. The van der Waals surface area contributed by atoms with Crippen LogP contribution in [0.25, 0.3) is 0 Å². The summed E-state index contributed by atoms with van der Waals surface area (Å²) in [6.45, 7) is 1.94. The van der Waals surface area contributed by atoms with E-state index in [1.807, 2.05) is 6.07 Å². The van der Waals surface area contributed by atoms with Gasteiger partial charge in [-0.2, -0.15) is 0 Å². The topological polar surface area (TPSA) is 34.1 Å². The zero-order chi connectivity index (χ0) is 9.80. The number of rotatable bonds is 2. The van der Waals surface area contributed by atoms with Gasteiger partial charge in [0.25, 0.3) is 0 Å². The van der Waals surface area contributed by atoms with Gasteiger partial charge in [0.15, 0.2) is 0 Å². The molecule has 0 radical (unpaired) electrons. The first kappa shape index (κ1) is 11.8. The lowest BCUT2D eigenvalue weighted by Gasteiger charge is -2.11. The molecule has 0 spiro atoms. The zero-order valence-corrected chi connectivity index (χ0v) is 9.09. The van der Waals surface area contributed by atoms with E-state index in [1.165, 1.54) is 0 Å². The number of hydrogen-bond acceptors (Lipinski definition) is 3. The maximum Gasteiger partial charge on any atom is 0.138 e. The monoisotopic (exact) mass is 224 g/mol. The lowest BCUT2D eigenvalue weighted by molar-refractivity contribution is 0.222. The minimum absolute atomic E-state index is 0. The van der Waals surface area contributed by atoms with Gasteiger partial charge in [0.05, 0.1) is 6.20 Å². The molecule has 0 aromatic carbocycles. The van der Waals surface area contributed by atoms with Crippen molar-refractivity contribution in [1.82, 2.24) is 10.3 Å². The van der Waals surface area contributed by atoms with Crippen molar-refractivity contribution < 1.29 is 4.74 Å². The lowest BCUT2D eigenvalue weighted by atomic mass is 10.3. The van der Waals surface area contributed by atoms with Crippen molar-refractivity contribution in [2.75, 3.05) is 13.1 Å². The highest BCUT2D eigenvalue weighted by molar-refractivity contribution is 5.85. The number of aromatic nitrogens is 1. The van der Waals surface area contributed by atoms with Crippen LogP contribution in [0.1, 0.15) is 12.1 Å². The zero-order valence-electron chi connectivity index (χ0n) is 8.27. The molecule has 0 amide bonds. The van der Waals surface area contributed by atoms with Gasteiger partial charge in [0, 0.05) is 6.54 Å². The number of nitrogens with one attached hydrogen (secondary N) is 1. The van der Waals surface area contributed by atoms with Crippen LogP contribution in [0.5, 0.6) is 5.75 Å². The molecule has 1 aromatic heterocycles. The Morgan fingerprint density at radius 2 is 2.40 bits per heavy atom. The molecule has 0 unspecified atom stereocenters. The smallest absolute Gasteiger partial charge is 0.138 e. The summed E-state index contributed by atoms with van der Waals surface area (Å²) in [6.07, 6.45) is 8.20. The van der Waals surface area contributed by atoms with Crippen LogP contribution in [0, 0.1) is 12.3 Å². The van der Waals surface area contributed by atoms with Gasteiger partial charge in [-0.25, -0.2) is 4.98 Å². The van der Waals surface area contributed by atoms with Crippen LogP contribution in [0.3, 0.4) is 0 Å². The predicted molar refractivity (Wildman–Crippen MR) is 61.3 cm³/mol. The SMILES string of the molecule is C#Cc1ccc(O[C@@H]2CCNC2)cn1.Cl. The fourth-order valence-corrected chi connectivity index (χ4v) is 1.46. The highest BCUT2D eigenvalue weighted by atomic mass is 35.5. The van der Waals surface area contributed by atoms with E-state index in [0.29, 0.717) is 5.69 Å². The van der Waals surface area contributed by atoms with E-state index in [4.69, 9.17) is 11.2 Å². The van der Waals surface area contributed by atoms with Crippen molar-refractivity contribution in [3.63, 3.8) is 0 Å². The van der Waals surface area contributed by atoms with E-state index in [1.54, 1.807) is 12.3 Å². The lowest BCUT2D eigenvalue weighted by Crippen LogP contribution is -2.19. The first-order valence-corrected chi connectivity index (χ1v) is 4.68. The summed E-state index contributed by atoms with van der Waals surface area (Å²) in [5.74, 6) is 3.26. The molecule has 80 valence electrons. The second kappa shape index (κ2) is 5.59. The van der Waals surface area contributed by atoms with Gasteiger partial charge in [0.1, 0.15) is 17.5 Å². The highest BCUT2D eigenvalue weighted by Gasteiger charge is 2.15. The fourth-order valence-electron chi connectivity index (χ4n) is 1.46. The number of nitrogens with zero attached hydrogens (tertiary/aromatic N) is 1. The van der Waals surface area contributed by atoms with E-state index in [-0.39, 0.29) is 18.5 Å². The third-order valence-electron chi connectivity index (χ3n) is 2.20. The van der Waals surface area contributed by atoms with E-state index in [0.717, 1.165) is 25.3 Å². The van der Waals surface area contributed by atoms with Crippen molar-refractivity contribution in [1.29, 1.82) is 0 Å². The van der Waals surface area contributed by atoms with Crippen molar-refractivity contribution in [2.24, 2.45) is 0 Å². The molecule has 1 atom stereocenters. The van der Waals surface area contributed by atoms with Gasteiger partial charge < -0.3 is 10.1 Å². The van der Waals surface area contributed by atoms with Gasteiger partial charge in [0.2, 0.25) is 0 Å². The summed E-state index contributed by atoms with van der Waals surface area (Å²) in [5, 5.41) is 3.24. The molecule has 0 bridgehead atoms. The summed E-state index contributed by atoms with van der Waals surface area (Å²) >= 11 is 0. The van der Waals surface area contributed by atoms with Crippen LogP contribution in [-0.4, -0.2) is 24.2 Å². The average Bonchev–Trinajstić information content (AvgIpc) is 2.72. The van der Waals surface area contributed by atoms with Crippen LogP contribution in [-0.2, 0) is 0 Å². The van der Waals surface area contributed by atoms with Crippen LogP contribution in [0.15, 0.2) is 18.3 Å². The number of ether oxygens (including phenoxy) is 1. The summed E-state index contributed by atoms with van der Waals surface area (Å²) in [5.41, 5.74) is 0.641. The molecule has 0 aliphatic carbocycles. The average molecular weight is 225 g/mol. The van der Waals surface area contributed by atoms with Gasteiger partial charge in [-0.3, -0.25) is 0 Å². The molecule has 1 aliphatic rings.